The molecule has 1 saturated heterocycles. The zero-order valence-electron chi connectivity index (χ0n) is 15.0. The second kappa shape index (κ2) is 7.29. The first-order valence-corrected chi connectivity index (χ1v) is 9.40. The Bertz CT molecular complexity index is 1030. The molecule has 0 aliphatic carbocycles. The Morgan fingerprint density at radius 1 is 1.00 bits per heavy atom. The van der Waals surface area contributed by atoms with E-state index in [1.165, 1.54) is 17.3 Å². The predicted molar refractivity (Wildman–Crippen MR) is 111 cm³/mol. The lowest BCUT2D eigenvalue weighted by atomic mass is 10.1. The van der Waals surface area contributed by atoms with Crippen molar-refractivity contribution >= 4 is 34.6 Å². The molecule has 0 atom stereocenters. The zero-order valence-corrected chi connectivity index (χ0v) is 15.9. The maximum absolute atomic E-state index is 12.5. The molecule has 0 radical (unpaired) electrons. The maximum Gasteiger partial charge on any atom is 0.266 e. The van der Waals surface area contributed by atoms with Crippen molar-refractivity contribution < 1.29 is 9.21 Å². The van der Waals surface area contributed by atoms with Gasteiger partial charge < -0.3 is 4.42 Å². The van der Waals surface area contributed by atoms with E-state index < -0.39 is 0 Å². The van der Waals surface area contributed by atoms with E-state index in [2.05, 4.69) is 11.9 Å². The smallest absolute Gasteiger partial charge is 0.266 e. The molecule has 0 bridgehead atoms. The number of aryl methyl sites for hydroxylation is 1. The van der Waals surface area contributed by atoms with E-state index in [1.54, 1.807) is 18.0 Å². The number of aliphatic imine (C=N–C) groups is 1. The average Bonchev–Trinajstić information content (AvgIpc) is 3.24. The van der Waals surface area contributed by atoms with Gasteiger partial charge in [0.25, 0.3) is 5.91 Å². The van der Waals surface area contributed by atoms with Crippen LogP contribution in [0.2, 0.25) is 0 Å². The third-order valence-electron chi connectivity index (χ3n) is 4.22. The highest BCUT2D eigenvalue weighted by atomic mass is 32.2. The lowest BCUT2D eigenvalue weighted by Gasteiger charge is -2.06. The van der Waals surface area contributed by atoms with Gasteiger partial charge in [0.05, 0.1) is 10.6 Å². The molecule has 2 heterocycles. The number of para-hydroxylation sites is 1. The van der Waals surface area contributed by atoms with Crippen LogP contribution in [0.3, 0.4) is 0 Å². The molecule has 0 unspecified atom stereocenters. The molecule has 1 fully saturated rings. The average molecular weight is 374 g/mol. The molecule has 134 valence electrons. The van der Waals surface area contributed by atoms with E-state index in [-0.39, 0.29) is 5.91 Å². The third kappa shape index (κ3) is 3.73. The number of rotatable bonds is 3. The summed E-state index contributed by atoms with van der Waals surface area (Å²) in [5.41, 5.74) is 3.04. The van der Waals surface area contributed by atoms with E-state index in [0.717, 1.165) is 17.0 Å². The van der Waals surface area contributed by atoms with Gasteiger partial charge in [0.1, 0.15) is 11.5 Å². The third-order valence-corrected chi connectivity index (χ3v) is 5.28. The first-order valence-electron chi connectivity index (χ1n) is 8.58. The molecule has 3 aromatic rings. The Morgan fingerprint density at radius 3 is 2.48 bits per heavy atom. The van der Waals surface area contributed by atoms with Gasteiger partial charge >= 0.3 is 0 Å². The number of hydrogen-bond donors (Lipinski definition) is 0. The second-order valence-corrected chi connectivity index (χ2v) is 7.28. The van der Waals surface area contributed by atoms with Crippen LogP contribution in [0.1, 0.15) is 11.3 Å². The normalized spacial score (nSPS) is 17.3. The zero-order chi connectivity index (χ0) is 18.8. The van der Waals surface area contributed by atoms with E-state index in [0.29, 0.717) is 15.8 Å². The molecular weight excluding hydrogens is 356 g/mol. The van der Waals surface area contributed by atoms with Crippen molar-refractivity contribution in [3.63, 3.8) is 0 Å². The number of amidine groups is 1. The first-order chi connectivity index (χ1) is 13.1. The van der Waals surface area contributed by atoms with Crippen LogP contribution in [0.25, 0.3) is 17.4 Å². The van der Waals surface area contributed by atoms with Gasteiger partial charge in [0.15, 0.2) is 5.17 Å². The van der Waals surface area contributed by atoms with Gasteiger partial charge in [-0.2, -0.15) is 0 Å². The van der Waals surface area contributed by atoms with E-state index in [4.69, 9.17) is 4.42 Å². The van der Waals surface area contributed by atoms with Crippen LogP contribution in [0.5, 0.6) is 0 Å². The minimum atomic E-state index is -0.0806. The molecule has 1 amide bonds. The molecule has 5 heteroatoms. The van der Waals surface area contributed by atoms with Crippen LogP contribution in [-0.4, -0.2) is 23.0 Å². The molecule has 0 saturated carbocycles. The van der Waals surface area contributed by atoms with Crippen LogP contribution >= 0.6 is 11.8 Å². The van der Waals surface area contributed by atoms with Gasteiger partial charge in [-0.25, -0.2) is 4.99 Å². The predicted octanol–water partition coefficient (Wildman–Crippen LogP) is 5.49. The number of furan rings is 1. The Balaban J connectivity index is 1.58. The fourth-order valence-corrected chi connectivity index (χ4v) is 3.66. The first kappa shape index (κ1) is 17.4. The summed E-state index contributed by atoms with van der Waals surface area (Å²) < 4.78 is 5.91. The number of hydrogen-bond acceptors (Lipinski definition) is 4. The lowest BCUT2D eigenvalue weighted by Crippen LogP contribution is -2.23. The van der Waals surface area contributed by atoms with Gasteiger partial charge in [0, 0.05) is 18.7 Å². The van der Waals surface area contributed by atoms with Gasteiger partial charge in [-0.1, -0.05) is 48.0 Å². The molecule has 1 aromatic heterocycles. The van der Waals surface area contributed by atoms with Crippen LogP contribution < -0.4 is 0 Å². The van der Waals surface area contributed by atoms with Crippen molar-refractivity contribution in [2.24, 2.45) is 4.99 Å². The van der Waals surface area contributed by atoms with Crippen LogP contribution in [0.4, 0.5) is 5.69 Å². The van der Waals surface area contributed by atoms with Crippen molar-refractivity contribution in [1.82, 2.24) is 4.90 Å². The minimum Gasteiger partial charge on any atom is -0.457 e. The number of carbonyl (C=O) groups excluding carboxylic acids is 1. The van der Waals surface area contributed by atoms with E-state index in [9.17, 15) is 4.79 Å². The number of thioether (sulfide) groups is 1. The number of benzene rings is 2. The number of likely N-dealkylation sites (N-methyl/N-ethyl adjacent to an activating group) is 1. The molecule has 4 rings (SSSR count). The highest BCUT2D eigenvalue weighted by molar-refractivity contribution is 8.18. The molecule has 1 aliphatic rings. The van der Waals surface area contributed by atoms with Gasteiger partial charge in [-0.3, -0.25) is 9.69 Å². The molecule has 4 nitrogen and oxygen atoms in total. The van der Waals surface area contributed by atoms with Crippen LogP contribution in [0.15, 0.2) is 81.0 Å². The number of nitrogens with zero attached hydrogens (tertiary/aromatic N) is 2. The summed E-state index contributed by atoms with van der Waals surface area (Å²) >= 11 is 1.35. The molecular formula is C22H18N2O2S. The van der Waals surface area contributed by atoms with Crippen molar-refractivity contribution in [2.45, 2.75) is 6.92 Å². The van der Waals surface area contributed by atoms with Crippen molar-refractivity contribution in [2.75, 3.05) is 7.05 Å². The monoisotopic (exact) mass is 374 g/mol. The van der Waals surface area contributed by atoms with Gasteiger partial charge in [-0.05, 0) is 43.0 Å². The second-order valence-electron chi connectivity index (χ2n) is 6.27. The van der Waals surface area contributed by atoms with Crippen LogP contribution in [-0.2, 0) is 4.79 Å². The quantitative estimate of drug-likeness (QED) is 0.570. The SMILES string of the molecule is Cc1ccc(-c2ccc(/C=C3\SC(=Nc4ccccc4)N(C)C3=O)o2)cc1. The number of amides is 1. The van der Waals surface area contributed by atoms with E-state index in [1.807, 2.05) is 66.7 Å². The summed E-state index contributed by atoms with van der Waals surface area (Å²) in [6.07, 6.45) is 1.77. The Hall–Kier alpha value is -3.05. The fourth-order valence-electron chi connectivity index (χ4n) is 2.70. The molecule has 2 aromatic carbocycles. The topological polar surface area (TPSA) is 45.8 Å². The summed E-state index contributed by atoms with van der Waals surface area (Å²) in [6, 6.07) is 21.6. The minimum absolute atomic E-state index is 0.0806. The molecule has 1 aliphatic heterocycles. The fraction of sp³-hybridized carbons (Fsp3) is 0.0909. The highest BCUT2D eigenvalue weighted by Crippen LogP contribution is 2.34. The summed E-state index contributed by atoms with van der Waals surface area (Å²) in [4.78, 5) is 19.3. The summed E-state index contributed by atoms with van der Waals surface area (Å²) in [5, 5.41) is 0.655. The van der Waals surface area contributed by atoms with Gasteiger partial charge in [-0.15, -0.1) is 0 Å². The Labute approximate surface area is 162 Å². The molecule has 0 spiro atoms. The van der Waals surface area contributed by atoms with Crippen molar-refractivity contribution in [1.29, 1.82) is 0 Å². The maximum atomic E-state index is 12.5. The summed E-state index contributed by atoms with van der Waals surface area (Å²) in [7, 11) is 1.73. The number of carbonyl (C=O) groups is 1. The van der Waals surface area contributed by atoms with Crippen molar-refractivity contribution in [3.05, 3.63) is 83.0 Å². The van der Waals surface area contributed by atoms with Crippen LogP contribution in [0, 0.1) is 6.92 Å². The van der Waals surface area contributed by atoms with E-state index >= 15 is 0 Å². The summed E-state index contributed by atoms with van der Waals surface area (Å²) in [6.45, 7) is 2.05. The highest BCUT2D eigenvalue weighted by Gasteiger charge is 2.30. The lowest BCUT2D eigenvalue weighted by molar-refractivity contribution is -0.121. The Kier molecular flexibility index (Phi) is 4.69. The molecule has 0 N–H and O–H groups in total. The van der Waals surface area contributed by atoms with Crippen molar-refractivity contribution in [3.8, 4) is 11.3 Å². The largest absolute Gasteiger partial charge is 0.457 e. The Morgan fingerprint density at radius 2 is 1.74 bits per heavy atom. The standard InChI is InChI=1S/C22H18N2O2S/c1-15-8-10-16(11-9-15)19-13-12-18(26-19)14-20-21(25)24(2)22(27-20)23-17-6-4-3-5-7-17/h3-14H,1-2H3/b20-14-,23-22?. The van der Waals surface area contributed by atoms with Gasteiger partial charge in [0.2, 0.25) is 0 Å². The summed E-state index contributed by atoms with van der Waals surface area (Å²) in [5.74, 6) is 1.35. The molecule has 27 heavy (non-hydrogen) atoms.